The largest absolute Gasteiger partial charge is 0.493 e. The van der Waals surface area contributed by atoms with E-state index in [9.17, 15) is 9.59 Å². The molecule has 8 heteroatoms. The van der Waals surface area contributed by atoms with Crippen molar-refractivity contribution in [2.75, 3.05) is 21.3 Å². The summed E-state index contributed by atoms with van der Waals surface area (Å²) in [6, 6.07) is 15.0. The number of hydrogen-bond donors (Lipinski definition) is 0. The minimum atomic E-state index is -0.528. The van der Waals surface area contributed by atoms with Crippen LogP contribution in [-0.4, -0.2) is 33.1 Å². The highest BCUT2D eigenvalue weighted by Gasteiger charge is 2.28. The van der Waals surface area contributed by atoms with Crippen LogP contribution in [0.1, 0.15) is 26.3 Å². The summed E-state index contributed by atoms with van der Waals surface area (Å²) in [5.41, 5.74) is 1.38. The Hall–Kier alpha value is -3.78. The Kier molecular flexibility index (Phi) is 6.37. The van der Waals surface area contributed by atoms with E-state index in [1.54, 1.807) is 54.6 Å². The number of halogens is 1. The van der Waals surface area contributed by atoms with Gasteiger partial charge in [-0.05, 0) is 64.0 Å². The highest BCUT2D eigenvalue weighted by atomic mass is 79.9. The van der Waals surface area contributed by atoms with Crippen LogP contribution in [0.3, 0.4) is 0 Å². The summed E-state index contributed by atoms with van der Waals surface area (Å²) in [6.45, 7) is 0. The number of ether oxygens (including phenoxy) is 5. The molecule has 4 rings (SSSR count). The first-order valence-electron chi connectivity index (χ1n) is 9.80. The van der Waals surface area contributed by atoms with Gasteiger partial charge in [0.15, 0.2) is 17.3 Å². The number of benzene rings is 3. The summed E-state index contributed by atoms with van der Waals surface area (Å²) >= 11 is 3.33. The molecule has 1 heterocycles. The van der Waals surface area contributed by atoms with E-state index >= 15 is 0 Å². The van der Waals surface area contributed by atoms with Crippen molar-refractivity contribution in [2.45, 2.75) is 0 Å². The molecule has 0 bridgehead atoms. The van der Waals surface area contributed by atoms with Gasteiger partial charge < -0.3 is 23.7 Å². The number of Topliss-reactive ketones (excluding diaryl/α,β-unsaturated/α-hetero) is 1. The minimum Gasteiger partial charge on any atom is -0.493 e. The number of ketones is 1. The summed E-state index contributed by atoms with van der Waals surface area (Å²) in [7, 11) is 4.54. The molecule has 0 atom stereocenters. The molecule has 7 nitrogen and oxygen atoms in total. The molecule has 0 aliphatic carbocycles. The van der Waals surface area contributed by atoms with Crippen LogP contribution in [0, 0.1) is 0 Å². The second kappa shape index (κ2) is 9.38. The van der Waals surface area contributed by atoms with Gasteiger partial charge in [-0.2, -0.15) is 0 Å². The zero-order valence-corrected chi connectivity index (χ0v) is 19.6. The number of fused-ring (bicyclic) bond motifs is 1. The SMILES string of the molecule is COc1cc(/C=C2\Oc3cc(OC(=O)c4ccccc4Br)ccc3C2=O)cc(OC)c1OC. The third-order valence-electron chi connectivity index (χ3n) is 4.93. The molecule has 0 radical (unpaired) electrons. The number of allylic oxidation sites excluding steroid dienone is 1. The second-order valence-electron chi connectivity index (χ2n) is 6.93. The van der Waals surface area contributed by atoms with Gasteiger partial charge in [0.1, 0.15) is 11.5 Å². The molecule has 3 aromatic rings. The van der Waals surface area contributed by atoms with Gasteiger partial charge >= 0.3 is 5.97 Å². The molecular weight excluding hydrogens is 492 g/mol. The van der Waals surface area contributed by atoms with Crippen molar-refractivity contribution in [3.05, 3.63) is 81.5 Å². The highest BCUT2D eigenvalue weighted by molar-refractivity contribution is 9.10. The third kappa shape index (κ3) is 4.42. The van der Waals surface area contributed by atoms with E-state index in [0.29, 0.717) is 44.2 Å². The fourth-order valence-electron chi connectivity index (χ4n) is 3.36. The molecule has 3 aromatic carbocycles. The molecule has 0 aromatic heterocycles. The predicted molar refractivity (Wildman–Crippen MR) is 125 cm³/mol. The molecular formula is C25H19BrO7. The normalized spacial score (nSPS) is 13.3. The first-order chi connectivity index (χ1) is 15.9. The van der Waals surface area contributed by atoms with Gasteiger partial charge in [0.2, 0.25) is 11.5 Å². The van der Waals surface area contributed by atoms with E-state index in [2.05, 4.69) is 15.9 Å². The summed E-state index contributed by atoms with van der Waals surface area (Å²) in [5, 5.41) is 0. The van der Waals surface area contributed by atoms with Crippen LogP contribution in [0.2, 0.25) is 0 Å². The van der Waals surface area contributed by atoms with Crippen molar-refractivity contribution in [2.24, 2.45) is 0 Å². The number of carbonyl (C=O) groups is 2. The Morgan fingerprint density at radius 3 is 2.27 bits per heavy atom. The Morgan fingerprint density at radius 1 is 0.939 bits per heavy atom. The average Bonchev–Trinajstić information content (AvgIpc) is 3.12. The standard InChI is InChI=1S/C25H19BrO7/c1-29-21-11-14(12-22(30-2)24(21)31-3)10-20-23(27)17-9-8-15(13-19(17)33-20)32-25(28)16-6-4-5-7-18(16)26/h4-13H,1-3H3/b20-10-. The van der Waals surface area contributed by atoms with Crippen molar-refractivity contribution < 1.29 is 33.3 Å². The Balaban J connectivity index is 1.60. The van der Waals surface area contributed by atoms with Gasteiger partial charge in [0.05, 0.1) is 32.5 Å². The van der Waals surface area contributed by atoms with Crippen LogP contribution in [0.15, 0.2) is 64.8 Å². The van der Waals surface area contributed by atoms with E-state index in [1.165, 1.54) is 27.4 Å². The second-order valence-corrected chi connectivity index (χ2v) is 7.78. The molecule has 0 N–H and O–H groups in total. The summed E-state index contributed by atoms with van der Waals surface area (Å²) in [4.78, 5) is 25.3. The maximum absolute atomic E-state index is 12.8. The van der Waals surface area contributed by atoms with Crippen LogP contribution in [0.5, 0.6) is 28.7 Å². The number of hydrogen-bond acceptors (Lipinski definition) is 7. The first kappa shape index (κ1) is 22.4. The quantitative estimate of drug-likeness (QED) is 0.252. The van der Waals surface area contributed by atoms with Gasteiger partial charge in [0.25, 0.3) is 0 Å². The van der Waals surface area contributed by atoms with Gasteiger partial charge in [-0.25, -0.2) is 4.79 Å². The Morgan fingerprint density at radius 2 is 1.64 bits per heavy atom. The lowest BCUT2D eigenvalue weighted by atomic mass is 10.1. The monoisotopic (exact) mass is 510 g/mol. The Labute approximate surface area is 198 Å². The molecule has 1 aliphatic rings. The van der Waals surface area contributed by atoms with Gasteiger partial charge in [0, 0.05) is 10.5 Å². The van der Waals surface area contributed by atoms with E-state index in [0.717, 1.165) is 0 Å². The zero-order chi connectivity index (χ0) is 23.5. The van der Waals surface area contributed by atoms with Crippen molar-refractivity contribution in [1.29, 1.82) is 0 Å². The van der Waals surface area contributed by atoms with E-state index < -0.39 is 5.97 Å². The van der Waals surface area contributed by atoms with E-state index in [1.807, 2.05) is 0 Å². The number of carbonyl (C=O) groups excluding carboxylic acids is 2. The number of esters is 1. The van der Waals surface area contributed by atoms with Crippen LogP contribution in [-0.2, 0) is 0 Å². The van der Waals surface area contributed by atoms with Crippen molar-refractivity contribution in [3.8, 4) is 28.7 Å². The lowest BCUT2D eigenvalue weighted by Gasteiger charge is -2.13. The molecule has 0 unspecified atom stereocenters. The van der Waals surface area contributed by atoms with Crippen molar-refractivity contribution in [1.82, 2.24) is 0 Å². The maximum atomic E-state index is 12.8. The van der Waals surface area contributed by atoms with Crippen molar-refractivity contribution in [3.63, 3.8) is 0 Å². The molecule has 1 aliphatic heterocycles. The average molecular weight is 511 g/mol. The maximum Gasteiger partial charge on any atom is 0.344 e. The minimum absolute atomic E-state index is 0.119. The molecule has 33 heavy (non-hydrogen) atoms. The molecule has 0 saturated heterocycles. The number of rotatable bonds is 6. The van der Waals surface area contributed by atoms with Crippen LogP contribution in [0.4, 0.5) is 0 Å². The van der Waals surface area contributed by atoms with Gasteiger partial charge in [-0.15, -0.1) is 0 Å². The molecule has 0 spiro atoms. The molecule has 0 fully saturated rings. The fraction of sp³-hybridized carbons (Fsp3) is 0.120. The molecule has 0 saturated carbocycles. The van der Waals surface area contributed by atoms with E-state index in [4.69, 9.17) is 23.7 Å². The lowest BCUT2D eigenvalue weighted by molar-refractivity contribution is 0.0733. The smallest absolute Gasteiger partial charge is 0.344 e. The fourth-order valence-corrected chi connectivity index (χ4v) is 3.80. The van der Waals surface area contributed by atoms with Crippen molar-refractivity contribution >= 4 is 33.8 Å². The lowest BCUT2D eigenvalue weighted by Crippen LogP contribution is -2.09. The van der Waals surface area contributed by atoms with Crippen LogP contribution >= 0.6 is 15.9 Å². The van der Waals surface area contributed by atoms with Crippen LogP contribution in [0.25, 0.3) is 6.08 Å². The van der Waals surface area contributed by atoms with Gasteiger partial charge in [-0.1, -0.05) is 12.1 Å². The molecule has 0 amide bonds. The van der Waals surface area contributed by atoms with E-state index in [-0.39, 0.29) is 17.3 Å². The Bertz CT molecular complexity index is 1250. The third-order valence-corrected chi connectivity index (χ3v) is 5.62. The first-order valence-corrected chi connectivity index (χ1v) is 10.6. The highest BCUT2D eigenvalue weighted by Crippen LogP contribution is 2.40. The predicted octanol–water partition coefficient (Wildman–Crippen LogP) is 5.31. The summed E-state index contributed by atoms with van der Waals surface area (Å²) < 4.78 is 27.9. The number of methoxy groups -OCH3 is 3. The van der Waals surface area contributed by atoms with Gasteiger partial charge in [-0.3, -0.25) is 4.79 Å². The summed E-state index contributed by atoms with van der Waals surface area (Å²) in [5.74, 6) is 1.21. The van der Waals surface area contributed by atoms with Crippen LogP contribution < -0.4 is 23.7 Å². The zero-order valence-electron chi connectivity index (χ0n) is 18.0. The molecule has 168 valence electrons. The summed E-state index contributed by atoms with van der Waals surface area (Å²) in [6.07, 6.45) is 1.58. The topological polar surface area (TPSA) is 80.3 Å².